The molecule has 1 atom stereocenters. The van der Waals surface area contributed by atoms with Crippen LogP contribution in [0.4, 0.5) is 0 Å². The van der Waals surface area contributed by atoms with Crippen molar-refractivity contribution in [2.24, 2.45) is 0 Å². The van der Waals surface area contributed by atoms with Crippen LogP contribution in [0.25, 0.3) is 5.76 Å². The van der Waals surface area contributed by atoms with E-state index in [1.165, 1.54) is 4.90 Å². The smallest absolute Gasteiger partial charge is 0.295 e. The minimum atomic E-state index is -0.762. The number of carbonyl (C=O) groups is 2. The number of Topliss-reactive ketones (excluding diaryl/α,β-unsaturated/α-hetero) is 1. The van der Waals surface area contributed by atoms with Crippen LogP contribution in [-0.2, 0) is 16.1 Å². The largest absolute Gasteiger partial charge is 0.507 e. The van der Waals surface area contributed by atoms with Gasteiger partial charge in [-0.3, -0.25) is 14.6 Å². The molecule has 0 radical (unpaired) electrons. The van der Waals surface area contributed by atoms with E-state index in [1.54, 1.807) is 54.9 Å². The van der Waals surface area contributed by atoms with Gasteiger partial charge in [-0.1, -0.05) is 18.2 Å². The molecule has 34 heavy (non-hydrogen) atoms. The van der Waals surface area contributed by atoms with Gasteiger partial charge in [0.1, 0.15) is 17.3 Å². The van der Waals surface area contributed by atoms with Crippen molar-refractivity contribution in [1.82, 2.24) is 9.88 Å². The van der Waals surface area contributed by atoms with Crippen LogP contribution in [0, 0.1) is 0 Å². The van der Waals surface area contributed by atoms with Gasteiger partial charge < -0.3 is 19.5 Å². The van der Waals surface area contributed by atoms with Gasteiger partial charge in [-0.2, -0.15) is 0 Å². The highest BCUT2D eigenvalue weighted by Crippen LogP contribution is 2.40. The lowest BCUT2D eigenvalue weighted by atomic mass is 9.95. The van der Waals surface area contributed by atoms with Gasteiger partial charge in [0, 0.05) is 24.5 Å². The fourth-order valence-corrected chi connectivity index (χ4v) is 4.02. The Morgan fingerprint density at radius 1 is 0.941 bits per heavy atom. The molecule has 1 N–H and O–H groups in total. The van der Waals surface area contributed by atoms with Crippen LogP contribution in [0.1, 0.15) is 36.6 Å². The standard InChI is InChI=1S/C27H26N2O5/c1-3-33-21-11-7-19(8-12-21)24-23(25(30)20-9-13-22(14-10-20)34-4-2)26(31)27(32)29(24)17-18-6-5-15-28-16-18/h5-16,24,30H,3-4,17H2,1-2H3/b25-23+/t24-/m1/s1. The minimum absolute atomic E-state index is 0.0437. The number of pyridine rings is 1. The first-order valence-electron chi connectivity index (χ1n) is 11.2. The van der Waals surface area contributed by atoms with Crippen LogP contribution in [0.2, 0.25) is 0 Å². The van der Waals surface area contributed by atoms with Crippen LogP contribution in [0.5, 0.6) is 11.5 Å². The third-order valence-corrected chi connectivity index (χ3v) is 5.56. The van der Waals surface area contributed by atoms with Crippen LogP contribution >= 0.6 is 0 Å². The summed E-state index contributed by atoms with van der Waals surface area (Å²) in [5, 5.41) is 11.2. The highest BCUT2D eigenvalue weighted by Gasteiger charge is 2.46. The minimum Gasteiger partial charge on any atom is -0.507 e. The predicted octanol–water partition coefficient (Wildman–Crippen LogP) is 4.50. The summed E-state index contributed by atoms with van der Waals surface area (Å²) in [6.45, 7) is 5.00. The molecule has 2 aromatic carbocycles. The molecule has 1 aliphatic rings. The summed E-state index contributed by atoms with van der Waals surface area (Å²) < 4.78 is 11.0. The van der Waals surface area contributed by atoms with Crippen LogP contribution in [0.3, 0.4) is 0 Å². The molecule has 0 spiro atoms. The van der Waals surface area contributed by atoms with E-state index >= 15 is 0 Å². The van der Waals surface area contributed by atoms with Crippen molar-refractivity contribution in [3.8, 4) is 11.5 Å². The topological polar surface area (TPSA) is 89.0 Å². The van der Waals surface area contributed by atoms with E-state index in [9.17, 15) is 14.7 Å². The lowest BCUT2D eigenvalue weighted by Gasteiger charge is -2.25. The lowest BCUT2D eigenvalue weighted by molar-refractivity contribution is -0.140. The Kier molecular flexibility index (Phi) is 6.92. The predicted molar refractivity (Wildman–Crippen MR) is 127 cm³/mol. The second-order valence-corrected chi connectivity index (χ2v) is 7.75. The van der Waals surface area contributed by atoms with Gasteiger partial charge in [-0.05, 0) is 67.4 Å². The zero-order valence-corrected chi connectivity index (χ0v) is 19.1. The number of rotatable bonds is 8. The Bertz CT molecular complexity index is 1190. The van der Waals surface area contributed by atoms with E-state index in [4.69, 9.17) is 9.47 Å². The number of hydrogen-bond acceptors (Lipinski definition) is 6. The molecule has 3 aromatic rings. The third-order valence-electron chi connectivity index (χ3n) is 5.56. The van der Waals surface area contributed by atoms with Crippen molar-refractivity contribution in [1.29, 1.82) is 0 Å². The maximum atomic E-state index is 13.2. The lowest BCUT2D eigenvalue weighted by Crippen LogP contribution is -2.29. The molecule has 4 rings (SSSR count). The van der Waals surface area contributed by atoms with E-state index in [0.29, 0.717) is 35.8 Å². The Morgan fingerprint density at radius 2 is 1.56 bits per heavy atom. The summed E-state index contributed by atoms with van der Waals surface area (Å²) in [6, 6.07) is 16.8. The molecular formula is C27H26N2O5. The molecule has 174 valence electrons. The molecule has 0 unspecified atom stereocenters. The summed E-state index contributed by atoms with van der Waals surface area (Å²) >= 11 is 0. The second-order valence-electron chi connectivity index (χ2n) is 7.75. The molecule has 1 aromatic heterocycles. The molecule has 1 saturated heterocycles. The molecule has 2 heterocycles. The molecule has 1 aliphatic heterocycles. The summed E-state index contributed by atoms with van der Waals surface area (Å²) in [4.78, 5) is 31.9. The first-order chi connectivity index (χ1) is 16.5. The van der Waals surface area contributed by atoms with Crippen molar-refractivity contribution in [3.63, 3.8) is 0 Å². The SMILES string of the molecule is CCOc1ccc(/C(O)=C2\C(=O)C(=O)N(Cc3cccnc3)[C@@H]2c2ccc(OCC)cc2)cc1. The molecular weight excluding hydrogens is 432 g/mol. The van der Waals surface area contributed by atoms with E-state index in [0.717, 1.165) is 5.56 Å². The third kappa shape index (κ3) is 4.64. The quantitative estimate of drug-likeness (QED) is 0.304. The summed E-state index contributed by atoms with van der Waals surface area (Å²) in [5.74, 6) is -0.292. The van der Waals surface area contributed by atoms with Crippen molar-refractivity contribution in [2.45, 2.75) is 26.4 Å². The second kappa shape index (κ2) is 10.2. The summed E-state index contributed by atoms with van der Waals surface area (Å²) in [7, 11) is 0. The van der Waals surface area contributed by atoms with Gasteiger partial charge in [0.05, 0.1) is 24.8 Å². The average molecular weight is 459 g/mol. The van der Waals surface area contributed by atoms with Crippen molar-refractivity contribution < 1.29 is 24.2 Å². The summed E-state index contributed by atoms with van der Waals surface area (Å²) in [6.07, 6.45) is 3.30. The zero-order chi connectivity index (χ0) is 24.1. The van der Waals surface area contributed by atoms with E-state index in [-0.39, 0.29) is 17.9 Å². The van der Waals surface area contributed by atoms with Crippen LogP contribution < -0.4 is 9.47 Å². The number of likely N-dealkylation sites (tertiary alicyclic amines) is 1. The summed E-state index contributed by atoms with van der Waals surface area (Å²) in [5.41, 5.74) is 1.95. The van der Waals surface area contributed by atoms with Gasteiger partial charge in [-0.25, -0.2) is 0 Å². The molecule has 1 amide bonds. The fourth-order valence-electron chi connectivity index (χ4n) is 4.02. The monoisotopic (exact) mass is 458 g/mol. The maximum absolute atomic E-state index is 13.2. The van der Waals surface area contributed by atoms with Gasteiger partial charge >= 0.3 is 0 Å². The van der Waals surface area contributed by atoms with Gasteiger partial charge in [0.15, 0.2) is 0 Å². The molecule has 1 fully saturated rings. The Balaban J connectivity index is 1.79. The van der Waals surface area contributed by atoms with E-state index in [1.807, 2.05) is 32.0 Å². The van der Waals surface area contributed by atoms with Crippen molar-refractivity contribution in [2.75, 3.05) is 13.2 Å². The average Bonchev–Trinajstić information content (AvgIpc) is 3.10. The number of ether oxygens (including phenoxy) is 2. The number of aromatic nitrogens is 1. The zero-order valence-electron chi connectivity index (χ0n) is 19.1. The first kappa shape index (κ1) is 23.0. The van der Waals surface area contributed by atoms with E-state index < -0.39 is 17.7 Å². The number of amides is 1. The first-order valence-corrected chi connectivity index (χ1v) is 11.2. The van der Waals surface area contributed by atoms with Gasteiger partial charge in [-0.15, -0.1) is 0 Å². The number of carbonyl (C=O) groups excluding carboxylic acids is 2. The number of ketones is 1. The maximum Gasteiger partial charge on any atom is 0.295 e. The van der Waals surface area contributed by atoms with Crippen molar-refractivity contribution >= 4 is 17.4 Å². The normalized spacial score (nSPS) is 17.1. The number of benzene rings is 2. The molecule has 7 heteroatoms. The molecule has 0 aliphatic carbocycles. The number of aliphatic hydroxyl groups is 1. The number of hydrogen-bond donors (Lipinski definition) is 1. The number of nitrogens with zero attached hydrogens (tertiary/aromatic N) is 2. The highest BCUT2D eigenvalue weighted by atomic mass is 16.5. The molecule has 0 bridgehead atoms. The Labute approximate surface area is 198 Å². The Hall–Kier alpha value is -4.13. The van der Waals surface area contributed by atoms with Crippen LogP contribution in [0.15, 0.2) is 78.6 Å². The fraction of sp³-hybridized carbons (Fsp3) is 0.222. The number of aliphatic hydroxyl groups excluding tert-OH is 1. The van der Waals surface area contributed by atoms with Gasteiger partial charge in [0.25, 0.3) is 11.7 Å². The molecule has 0 saturated carbocycles. The highest BCUT2D eigenvalue weighted by molar-refractivity contribution is 6.46. The Morgan fingerprint density at radius 3 is 2.12 bits per heavy atom. The van der Waals surface area contributed by atoms with E-state index in [2.05, 4.69) is 4.98 Å². The molecule has 7 nitrogen and oxygen atoms in total. The van der Waals surface area contributed by atoms with Gasteiger partial charge in [0.2, 0.25) is 0 Å². The van der Waals surface area contributed by atoms with Crippen LogP contribution in [-0.4, -0.2) is 39.9 Å². The van der Waals surface area contributed by atoms with Crippen molar-refractivity contribution in [3.05, 3.63) is 95.3 Å².